The van der Waals surface area contributed by atoms with E-state index in [1.165, 1.54) is 0 Å². The molecular weight excluding hydrogens is 254 g/mol. The van der Waals surface area contributed by atoms with Crippen molar-refractivity contribution in [2.24, 2.45) is 0 Å². The second-order valence-corrected chi connectivity index (χ2v) is 8.22. The molecular formula is C12H23NO4S. The summed E-state index contributed by atoms with van der Waals surface area (Å²) >= 11 is 0. The molecule has 0 aromatic heterocycles. The average molecular weight is 277 g/mol. The summed E-state index contributed by atoms with van der Waals surface area (Å²) in [4.78, 5) is 2.02. The minimum absolute atomic E-state index is 0.197. The molecule has 5 nitrogen and oxygen atoms in total. The number of hydrogen-bond donors (Lipinski definition) is 1. The topological polar surface area (TPSA) is 66.8 Å². The summed E-state index contributed by atoms with van der Waals surface area (Å²) in [6.07, 6.45) is 1.90. The molecule has 0 aromatic rings. The molecule has 2 aliphatic heterocycles. The molecule has 18 heavy (non-hydrogen) atoms. The largest absolute Gasteiger partial charge is 0.388 e. The summed E-state index contributed by atoms with van der Waals surface area (Å²) in [5.74, 6) is 0.457. The summed E-state index contributed by atoms with van der Waals surface area (Å²) in [7, 11) is -0.997. The van der Waals surface area contributed by atoms with Gasteiger partial charge in [-0.25, -0.2) is 8.42 Å². The predicted octanol–water partition coefficient (Wildman–Crippen LogP) is 0.0369. The first-order chi connectivity index (χ1) is 8.25. The molecule has 2 fully saturated rings. The lowest BCUT2D eigenvalue weighted by Gasteiger charge is -2.41. The number of hydrogen-bond acceptors (Lipinski definition) is 5. The van der Waals surface area contributed by atoms with Crippen LogP contribution in [0.2, 0.25) is 0 Å². The Kier molecular flexibility index (Phi) is 3.75. The van der Waals surface area contributed by atoms with Gasteiger partial charge in [0.1, 0.15) is 0 Å². The predicted molar refractivity (Wildman–Crippen MR) is 69.3 cm³/mol. The van der Waals surface area contributed by atoms with Crippen LogP contribution in [0, 0.1) is 0 Å². The molecule has 2 saturated heterocycles. The van der Waals surface area contributed by atoms with E-state index < -0.39 is 15.4 Å². The second-order valence-electron chi connectivity index (χ2n) is 6.03. The summed E-state index contributed by atoms with van der Waals surface area (Å²) in [6.45, 7) is 3.65. The molecule has 0 aliphatic carbocycles. The van der Waals surface area contributed by atoms with Crippen molar-refractivity contribution in [3.63, 3.8) is 0 Å². The SMILES string of the molecule is CN(CC1(O)CCOCC1)[C@@]1(C)CCS(=O)(=O)C1. The van der Waals surface area contributed by atoms with E-state index in [2.05, 4.69) is 0 Å². The highest BCUT2D eigenvalue weighted by Gasteiger charge is 2.44. The van der Waals surface area contributed by atoms with Crippen molar-refractivity contribution in [3.8, 4) is 0 Å². The van der Waals surface area contributed by atoms with Gasteiger partial charge in [-0.1, -0.05) is 0 Å². The van der Waals surface area contributed by atoms with Gasteiger partial charge in [-0.2, -0.15) is 0 Å². The Balaban J connectivity index is 2.01. The maximum atomic E-state index is 11.6. The maximum Gasteiger partial charge on any atom is 0.152 e. The quantitative estimate of drug-likeness (QED) is 0.789. The standard InChI is InChI=1S/C12H23NO4S/c1-11(5-8-18(15,16)10-11)13(2)9-12(14)3-6-17-7-4-12/h14H,3-10H2,1-2H3/t11-/m0/s1. The molecule has 2 rings (SSSR count). The van der Waals surface area contributed by atoms with Gasteiger partial charge in [0, 0.05) is 38.1 Å². The normalized spacial score (nSPS) is 34.9. The van der Waals surface area contributed by atoms with E-state index in [0.717, 1.165) is 0 Å². The van der Waals surface area contributed by atoms with Crippen LogP contribution in [0.1, 0.15) is 26.2 Å². The number of β-amino-alcohol motifs (C(OH)–C–C–N with tert-alkyl or cyclic N) is 1. The second kappa shape index (κ2) is 4.74. The van der Waals surface area contributed by atoms with E-state index in [9.17, 15) is 13.5 Å². The van der Waals surface area contributed by atoms with E-state index >= 15 is 0 Å². The fraction of sp³-hybridized carbons (Fsp3) is 1.00. The number of sulfone groups is 1. The van der Waals surface area contributed by atoms with Gasteiger partial charge in [-0.15, -0.1) is 0 Å². The number of aliphatic hydroxyl groups is 1. The van der Waals surface area contributed by atoms with E-state index in [4.69, 9.17) is 4.74 Å². The number of nitrogens with zero attached hydrogens (tertiary/aromatic N) is 1. The fourth-order valence-electron chi connectivity index (χ4n) is 2.84. The zero-order valence-corrected chi connectivity index (χ0v) is 12.0. The van der Waals surface area contributed by atoms with Gasteiger partial charge in [0.15, 0.2) is 9.84 Å². The zero-order valence-electron chi connectivity index (χ0n) is 11.2. The van der Waals surface area contributed by atoms with Gasteiger partial charge in [-0.05, 0) is 20.4 Å². The number of ether oxygens (including phenoxy) is 1. The van der Waals surface area contributed by atoms with Crippen molar-refractivity contribution in [2.45, 2.75) is 37.3 Å². The maximum absolute atomic E-state index is 11.6. The molecule has 0 unspecified atom stereocenters. The third kappa shape index (κ3) is 3.04. The Morgan fingerprint density at radius 1 is 1.28 bits per heavy atom. The van der Waals surface area contributed by atoms with E-state index in [0.29, 0.717) is 39.0 Å². The Morgan fingerprint density at radius 2 is 1.89 bits per heavy atom. The third-order valence-corrected chi connectivity index (χ3v) is 6.25. The van der Waals surface area contributed by atoms with Crippen LogP contribution in [0.4, 0.5) is 0 Å². The van der Waals surface area contributed by atoms with Gasteiger partial charge < -0.3 is 9.84 Å². The molecule has 0 aromatic carbocycles. The van der Waals surface area contributed by atoms with Crippen molar-refractivity contribution in [2.75, 3.05) is 38.3 Å². The van der Waals surface area contributed by atoms with Crippen LogP contribution in [-0.4, -0.2) is 67.9 Å². The van der Waals surface area contributed by atoms with Crippen LogP contribution in [-0.2, 0) is 14.6 Å². The van der Waals surface area contributed by atoms with Crippen molar-refractivity contribution in [1.29, 1.82) is 0 Å². The lowest BCUT2D eigenvalue weighted by Crippen LogP contribution is -2.53. The molecule has 1 atom stereocenters. The van der Waals surface area contributed by atoms with E-state index in [-0.39, 0.29) is 17.0 Å². The van der Waals surface area contributed by atoms with Crippen LogP contribution in [0.15, 0.2) is 0 Å². The average Bonchev–Trinajstić information content (AvgIpc) is 2.55. The van der Waals surface area contributed by atoms with Gasteiger partial charge in [0.2, 0.25) is 0 Å². The molecule has 0 spiro atoms. The van der Waals surface area contributed by atoms with Gasteiger partial charge in [0.25, 0.3) is 0 Å². The first kappa shape index (κ1) is 14.2. The first-order valence-corrected chi connectivity index (χ1v) is 8.29. The smallest absolute Gasteiger partial charge is 0.152 e. The fourth-order valence-corrected chi connectivity index (χ4v) is 5.04. The van der Waals surface area contributed by atoms with Crippen LogP contribution in [0.5, 0.6) is 0 Å². The van der Waals surface area contributed by atoms with E-state index in [1.54, 1.807) is 0 Å². The first-order valence-electron chi connectivity index (χ1n) is 6.47. The summed E-state index contributed by atoms with van der Waals surface area (Å²) in [5, 5.41) is 10.5. The van der Waals surface area contributed by atoms with Gasteiger partial charge in [0.05, 0.1) is 17.1 Å². The molecule has 0 radical (unpaired) electrons. The van der Waals surface area contributed by atoms with Gasteiger partial charge >= 0.3 is 0 Å². The molecule has 1 N–H and O–H groups in total. The van der Waals surface area contributed by atoms with E-state index in [1.807, 2.05) is 18.9 Å². The highest BCUT2D eigenvalue weighted by molar-refractivity contribution is 7.91. The molecule has 2 aliphatic rings. The Bertz CT molecular complexity index is 402. The molecule has 0 bridgehead atoms. The van der Waals surface area contributed by atoms with Crippen molar-refractivity contribution >= 4 is 9.84 Å². The van der Waals surface area contributed by atoms with Gasteiger partial charge in [-0.3, -0.25) is 4.90 Å². The minimum Gasteiger partial charge on any atom is -0.388 e. The summed E-state index contributed by atoms with van der Waals surface area (Å²) in [5.41, 5.74) is -1.07. The lowest BCUT2D eigenvalue weighted by atomic mass is 9.91. The van der Waals surface area contributed by atoms with Crippen LogP contribution in [0.3, 0.4) is 0 Å². The van der Waals surface area contributed by atoms with Crippen molar-refractivity contribution < 1.29 is 18.3 Å². The summed E-state index contributed by atoms with van der Waals surface area (Å²) in [6, 6.07) is 0. The highest BCUT2D eigenvalue weighted by Crippen LogP contribution is 2.31. The lowest BCUT2D eigenvalue weighted by molar-refractivity contribution is -0.0871. The van der Waals surface area contributed by atoms with Crippen molar-refractivity contribution in [3.05, 3.63) is 0 Å². The minimum atomic E-state index is -2.91. The third-order valence-electron chi connectivity index (χ3n) is 4.36. The zero-order chi connectivity index (χ0) is 13.4. The van der Waals surface area contributed by atoms with Crippen molar-refractivity contribution in [1.82, 2.24) is 4.90 Å². The number of rotatable bonds is 3. The Hall–Kier alpha value is -0.170. The van der Waals surface area contributed by atoms with Crippen LogP contribution >= 0.6 is 0 Å². The Morgan fingerprint density at radius 3 is 2.39 bits per heavy atom. The van der Waals surface area contributed by atoms with Crippen LogP contribution in [0.25, 0.3) is 0 Å². The molecule has 0 saturated carbocycles. The molecule has 106 valence electrons. The monoisotopic (exact) mass is 277 g/mol. The Labute approximate surface area is 109 Å². The van der Waals surface area contributed by atoms with Crippen LogP contribution < -0.4 is 0 Å². The number of likely N-dealkylation sites (N-methyl/N-ethyl adjacent to an activating group) is 1. The molecule has 2 heterocycles. The summed E-state index contributed by atoms with van der Waals surface area (Å²) < 4.78 is 28.5. The molecule has 6 heteroatoms. The highest BCUT2D eigenvalue weighted by atomic mass is 32.2. The molecule has 0 amide bonds.